The van der Waals surface area contributed by atoms with Gasteiger partial charge in [0.1, 0.15) is 0 Å². The Morgan fingerprint density at radius 3 is 2.32 bits per heavy atom. The number of benzene rings is 2. The van der Waals surface area contributed by atoms with Crippen LogP contribution in [-0.2, 0) is 22.6 Å². The number of hydrogen-bond donors (Lipinski definition) is 2. The van der Waals surface area contributed by atoms with Gasteiger partial charge in [0.05, 0.1) is 39.1 Å². The number of carboxylic acid groups (broad SMARTS) is 1. The van der Waals surface area contributed by atoms with Gasteiger partial charge in [-0.05, 0) is 35.9 Å². The molecule has 0 unspecified atom stereocenters. The largest absolute Gasteiger partial charge is 0.465 e. The number of hydrogen-bond acceptors (Lipinski definition) is 7. The van der Waals surface area contributed by atoms with Crippen molar-refractivity contribution in [2.75, 3.05) is 49.6 Å². The van der Waals surface area contributed by atoms with Gasteiger partial charge >= 0.3 is 12.3 Å². The van der Waals surface area contributed by atoms with Crippen molar-refractivity contribution >= 4 is 33.2 Å². The van der Waals surface area contributed by atoms with Gasteiger partial charge in [0, 0.05) is 45.5 Å². The highest BCUT2D eigenvalue weighted by atomic mass is 32.2. The van der Waals surface area contributed by atoms with Gasteiger partial charge < -0.3 is 20.6 Å². The van der Waals surface area contributed by atoms with Gasteiger partial charge in [-0.3, -0.25) is 9.69 Å². The molecule has 3 N–H and O–H groups in total. The van der Waals surface area contributed by atoms with Gasteiger partial charge in [-0.15, -0.1) is 0 Å². The first-order chi connectivity index (χ1) is 17.7. The van der Waals surface area contributed by atoms with Crippen molar-refractivity contribution in [1.82, 2.24) is 9.80 Å². The molecule has 0 atom stereocenters. The van der Waals surface area contributed by atoms with Crippen molar-refractivity contribution < 1.29 is 36.3 Å². The summed E-state index contributed by atoms with van der Waals surface area (Å²) < 4.78 is 67.3. The number of rotatable bonds is 6. The molecule has 0 bridgehead atoms. The number of carbonyl (C=O) groups excluding carboxylic acids is 1. The van der Waals surface area contributed by atoms with Crippen molar-refractivity contribution in [3.05, 3.63) is 52.6 Å². The standard InChI is InChI=1S/C24H26F3N5O5S/c1-3-38(36,37)21-5-4-15(13-28)10-20(21)30(2)22(33)17-12-18(24(25,26)27)16(11-19(17)29)14-31-6-8-32(9-7-31)23(34)35/h4-5,10-12H,3,6-9,14,29H2,1-2H3,(H,34,35). The van der Waals surface area contributed by atoms with Crippen LogP contribution in [0, 0.1) is 11.3 Å². The minimum Gasteiger partial charge on any atom is -0.465 e. The van der Waals surface area contributed by atoms with Crippen molar-refractivity contribution in [3.63, 3.8) is 0 Å². The van der Waals surface area contributed by atoms with E-state index < -0.39 is 39.1 Å². The van der Waals surface area contributed by atoms with Gasteiger partial charge in [0.25, 0.3) is 5.91 Å². The summed E-state index contributed by atoms with van der Waals surface area (Å²) in [6, 6.07) is 7.16. The van der Waals surface area contributed by atoms with E-state index in [1.807, 2.05) is 6.07 Å². The van der Waals surface area contributed by atoms with Crippen LogP contribution >= 0.6 is 0 Å². The zero-order valence-corrected chi connectivity index (χ0v) is 21.4. The van der Waals surface area contributed by atoms with E-state index >= 15 is 0 Å². The van der Waals surface area contributed by atoms with E-state index in [4.69, 9.17) is 10.8 Å². The van der Waals surface area contributed by atoms with Crippen molar-refractivity contribution in [3.8, 4) is 6.07 Å². The van der Waals surface area contributed by atoms with E-state index in [0.717, 1.165) is 11.0 Å². The SMILES string of the molecule is CCS(=O)(=O)c1ccc(C#N)cc1N(C)C(=O)c1cc(C(F)(F)F)c(CN2CCN(C(=O)O)CC2)cc1N. The Bertz CT molecular complexity index is 1400. The van der Waals surface area contributed by atoms with Gasteiger partial charge in [0.2, 0.25) is 0 Å². The van der Waals surface area contributed by atoms with Crippen LogP contribution < -0.4 is 10.6 Å². The summed E-state index contributed by atoms with van der Waals surface area (Å²) in [5.41, 5.74) is 3.93. The fourth-order valence-electron chi connectivity index (χ4n) is 4.14. The van der Waals surface area contributed by atoms with E-state index in [2.05, 4.69) is 0 Å². The van der Waals surface area contributed by atoms with E-state index in [0.29, 0.717) is 6.07 Å². The Morgan fingerprint density at radius 1 is 1.16 bits per heavy atom. The summed E-state index contributed by atoms with van der Waals surface area (Å²) in [7, 11) is -2.66. The minimum atomic E-state index is -4.84. The molecule has 38 heavy (non-hydrogen) atoms. The molecule has 0 saturated carbocycles. The number of anilines is 2. The lowest BCUT2D eigenvalue weighted by molar-refractivity contribution is -0.138. The highest BCUT2D eigenvalue weighted by Gasteiger charge is 2.36. The first-order valence-electron chi connectivity index (χ1n) is 11.4. The van der Waals surface area contributed by atoms with Crippen LogP contribution in [0.1, 0.15) is 34.0 Å². The van der Waals surface area contributed by atoms with Gasteiger partial charge in [0.15, 0.2) is 9.84 Å². The fraction of sp³-hybridized carbons (Fsp3) is 0.375. The number of piperazine rings is 1. The Morgan fingerprint density at radius 2 is 1.79 bits per heavy atom. The Kier molecular flexibility index (Phi) is 8.23. The topological polar surface area (TPSA) is 148 Å². The van der Waals surface area contributed by atoms with Crippen molar-refractivity contribution in [2.24, 2.45) is 0 Å². The quantitative estimate of drug-likeness (QED) is 0.519. The molecule has 2 aromatic carbocycles. The zero-order valence-electron chi connectivity index (χ0n) is 20.6. The second kappa shape index (κ2) is 10.9. The van der Waals surface area contributed by atoms with Crippen LogP contribution in [0.15, 0.2) is 35.2 Å². The predicted molar refractivity (Wildman–Crippen MR) is 132 cm³/mol. The van der Waals surface area contributed by atoms with Crippen LogP contribution in [-0.4, -0.2) is 74.3 Å². The monoisotopic (exact) mass is 553 g/mol. The number of sulfone groups is 1. The number of nitrogens with zero attached hydrogens (tertiary/aromatic N) is 4. The number of alkyl halides is 3. The summed E-state index contributed by atoms with van der Waals surface area (Å²) in [5, 5.41) is 18.3. The molecule has 1 saturated heterocycles. The van der Waals surface area contributed by atoms with E-state index in [9.17, 15) is 36.4 Å². The maximum atomic E-state index is 14.0. The number of amides is 2. The molecular formula is C24H26F3N5O5S. The van der Waals surface area contributed by atoms with Gasteiger partial charge in [-0.2, -0.15) is 18.4 Å². The molecule has 204 valence electrons. The third-order valence-corrected chi connectivity index (χ3v) is 8.09. The molecule has 1 aliphatic heterocycles. The summed E-state index contributed by atoms with van der Waals surface area (Å²) in [6.45, 7) is 1.94. The minimum absolute atomic E-state index is 0.0528. The smallest absolute Gasteiger partial charge is 0.416 e. The lowest BCUT2D eigenvalue weighted by atomic mass is 9.99. The van der Waals surface area contributed by atoms with E-state index in [1.165, 1.54) is 37.1 Å². The zero-order chi connectivity index (χ0) is 28.4. The number of halogens is 3. The maximum Gasteiger partial charge on any atom is 0.416 e. The Balaban J connectivity index is 2.01. The maximum absolute atomic E-state index is 14.0. The number of nitrogen functional groups attached to an aromatic ring is 1. The lowest BCUT2D eigenvalue weighted by Gasteiger charge is -2.33. The Labute approximate surface area is 217 Å². The molecule has 2 aromatic rings. The van der Waals surface area contributed by atoms with Crippen LogP contribution in [0.5, 0.6) is 0 Å². The third-order valence-electron chi connectivity index (χ3n) is 6.32. The second-order valence-electron chi connectivity index (χ2n) is 8.70. The number of nitriles is 1. The summed E-state index contributed by atoms with van der Waals surface area (Å²) in [5.74, 6) is -1.29. The van der Waals surface area contributed by atoms with Crippen molar-refractivity contribution in [1.29, 1.82) is 5.26 Å². The first kappa shape index (κ1) is 28.7. The highest BCUT2D eigenvalue weighted by Crippen LogP contribution is 2.36. The second-order valence-corrected chi connectivity index (χ2v) is 10.9. The van der Waals surface area contributed by atoms with Crippen LogP contribution in [0.2, 0.25) is 0 Å². The molecule has 0 spiro atoms. The normalized spacial score (nSPS) is 14.7. The molecule has 14 heteroatoms. The molecule has 2 amide bonds. The highest BCUT2D eigenvalue weighted by molar-refractivity contribution is 7.91. The Hall–Kier alpha value is -3.83. The predicted octanol–water partition coefficient (Wildman–Crippen LogP) is 3.03. The fourth-order valence-corrected chi connectivity index (χ4v) is 5.24. The molecule has 0 aliphatic carbocycles. The molecule has 1 heterocycles. The molecule has 0 radical (unpaired) electrons. The van der Waals surface area contributed by atoms with Crippen LogP contribution in [0.4, 0.5) is 29.3 Å². The molecule has 1 aliphatic rings. The van der Waals surface area contributed by atoms with E-state index in [-0.39, 0.29) is 65.9 Å². The average Bonchev–Trinajstić information content (AvgIpc) is 2.87. The van der Waals surface area contributed by atoms with Crippen LogP contribution in [0.3, 0.4) is 0 Å². The molecule has 10 nitrogen and oxygen atoms in total. The summed E-state index contributed by atoms with van der Waals surface area (Å²) in [4.78, 5) is 27.9. The molecule has 3 rings (SSSR count). The third kappa shape index (κ3) is 6.00. The lowest BCUT2D eigenvalue weighted by Crippen LogP contribution is -2.47. The summed E-state index contributed by atoms with van der Waals surface area (Å²) >= 11 is 0. The van der Waals surface area contributed by atoms with Crippen LogP contribution in [0.25, 0.3) is 0 Å². The number of nitrogens with two attached hydrogens (primary N) is 1. The molecular weight excluding hydrogens is 527 g/mol. The molecule has 1 fully saturated rings. The first-order valence-corrected chi connectivity index (χ1v) is 13.1. The molecule has 0 aromatic heterocycles. The van der Waals surface area contributed by atoms with Crippen molar-refractivity contribution in [2.45, 2.75) is 24.5 Å². The van der Waals surface area contributed by atoms with Gasteiger partial charge in [-0.1, -0.05) is 6.92 Å². The number of carbonyl (C=O) groups is 2. The van der Waals surface area contributed by atoms with E-state index in [1.54, 1.807) is 4.90 Å². The van der Waals surface area contributed by atoms with Gasteiger partial charge in [-0.25, -0.2) is 13.2 Å². The summed E-state index contributed by atoms with van der Waals surface area (Å²) in [6.07, 6.45) is -5.94. The average molecular weight is 554 g/mol.